The standard InChI is InChI=1S/C27H27N2OPS/c1-3-4-20-32-27-25(26(30)28-21(2)29-27)31(22-14-8-5-9-15-22,23-16-10-6-11-17-23)24-18-12-7-13-19-24/h5-19H,3-4,20H2,1-2H3. The van der Waals surface area contributed by atoms with E-state index in [1.165, 1.54) is 0 Å². The second kappa shape index (κ2) is 10.3. The summed E-state index contributed by atoms with van der Waals surface area (Å²) in [4.78, 5) is 22.9. The molecule has 4 rings (SSSR count). The predicted molar refractivity (Wildman–Crippen MR) is 143 cm³/mol. The molecule has 0 N–H and O–H groups in total. The first-order chi connectivity index (χ1) is 15.7. The number of amidine groups is 1. The zero-order chi connectivity index (χ0) is 22.4. The lowest BCUT2D eigenvalue weighted by Gasteiger charge is -2.32. The fraction of sp³-hybridized carbons (Fsp3) is 0.185. The number of hydrogen-bond donors (Lipinski definition) is 0. The molecule has 1 aliphatic heterocycles. The molecule has 1 heterocycles. The van der Waals surface area contributed by atoms with E-state index in [0.29, 0.717) is 5.84 Å². The van der Waals surface area contributed by atoms with Crippen LogP contribution in [0.25, 0.3) is 0 Å². The van der Waals surface area contributed by atoms with Crippen molar-refractivity contribution in [3.63, 3.8) is 0 Å². The molecule has 0 saturated carbocycles. The Kier molecular flexibility index (Phi) is 7.24. The number of aliphatic imine (C=N–C) groups is 2. The van der Waals surface area contributed by atoms with E-state index >= 15 is 0 Å². The maximum absolute atomic E-state index is 13.7. The van der Waals surface area contributed by atoms with E-state index in [2.05, 4.69) is 84.7 Å². The molecule has 5 heteroatoms. The molecule has 0 radical (unpaired) electrons. The largest absolute Gasteiger partial charge is 0.282 e. The minimum atomic E-state index is -2.51. The van der Waals surface area contributed by atoms with E-state index in [0.717, 1.165) is 44.8 Å². The molecular weight excluding hydrogens is 431 g/mol. The van der Waals surface area contributed by atoms with Crippen molar-refractivity contribution < 1.29 is 4.79 Å². The molecule has 32 heavy (non-hydrogen) atoms. The maximum atomic E-state index is 13.7. The Morgan fingerprint density at radius 3 is 1.66 bits per heavy atom. The highest BCUT2D eigenvalue weighted by atomic mass is 32.2. The van der Waals surface area contributed by atoms with Crippen LogP contribution in [-0.4, -0.2) is 27.8 Å². The summed E-state index contributed by atoms with van der Waals surface area (Å²) in [6.07, 6.45) is 2.18. The quantitative estimate of drug-likeness (QED) is 0.384. The van der Waals surface area contributed by atoms with Crippen molar-refractivity contribution in [3.8, 4) is 0 Å². The molecule has 1 amide bonds. The average molecular weight is 459 g/mol. The van der Waals surface area contributed by atoms with E-state index in [-0.39, 0.29) is 5.91 Å². The lowest BCUT2D eigenvalue weighted by molar-refractivity contribution is -0.111. The number of unbranched alkanes of at least 4 members (excludes halogenated alkanes) is 1. The van der Waals surface area contributed by atoms with Crippen molar-refractivity contribution >= 4 is 56.6 Å². The number of carbonyl (C=O) groups is 1. The van der Waals surface area contributed by atoms with Gasteiger partial charge in [-0.15, -0.1) is 11.8 Å². The molecule has 0 unspecified atom stereocenters. The molecule has 0 spiro atoms. The van der Waals surface area contributed by atoms with Gasteiger partial charge in [0.15, 0.2) is 0 Å². The van der Waals surface area contributed by atoms with Gasteiger partial charge in [0, 0.05) is 0 Å². The third-order valence-corrected chi connectivity index (χ3v) is 10.9. The van der Waals surface area contributed by atoms with Gasteiger partial charge in [0.25, 0.3) is 5.91 Å². The van der Waals surface area contributed by atoms with Crippen molar-refractivity contribution in [2.45, 2.75) is 26.7 Å². The molecule has 3 aromatic carbocycles. The van der Waals surface area contributed by atoms with Gasteiger partial charge in [-0.2, -0.15) is 4.99 Å². The van der Waals surface area contributed by atoms with Gasteiger partial charge in [0.2, 0.25) is 0 Å². The highest BCUT2D eigenvalue weighted by molar-refractivity contribution is 8.18. The third-order valence-electron chi connectivity index (χ3n) is 5.43. The van der Waals surface area contributed by atoms with Gasteiger partial charge in [-0.05, 0) is 41.9 Å². The molecule has 0 saturated heterocycles. The van der Waals surface area contributed by atoms with E-state index in [1.807, 2.05) is 25.1 Å². The van der Waals surface area contributed by atoms with Crippen molar-refractivity contribution in [1.29, 1.82) is 0 Å². The minimum Gasteiger partial charge on any atom is -0.267 e. The van der Waals surface area contributed by atoms with Crippen LogP contribution in [0.15, 0.2) is 101 Å². The summed E-state index contributed by atoms with van der Waals surface area (Å²) in [5.41, 5.74) is 0. The van der Waals surface area contributed by atoms with Crippen LogP contribution < -0.4 is 15.9 Å². The van der Waals surface area contributed by atoms with Gasteiger partial charge in [-0.1, -0.05) is 104 Å². The summed E-state index contributed by atoms with van der Waals surface area (Å²) >= 11 is 1.69. The van der Waals surface area contributed by atoms with Crippen LogP contribution in [0, 0.1) is 0 Å². The molecule has 0 atom stereocenters. The van der Waals surface area contributed by atoms with Crippen LogP contribution in [0.3, 0.4) is 0 Å². The smallest absolute Gasteiger partial charge is 0.267 e. The van der Waals surface area contributed by atoms with Crippen molar-refractivity contribution in [3.05, 3.63) is 91.0 Å². The Bertz CT molecular complexity index is 1100. The van der Waals surface area contributed by atoms with Gasteiger partial charge >= 0.3 is 0 Å². The van der Waals surface area contributed by atoms with E-state index < -0.39 is 6.89 Å². The Labute approximate surface area is 194 Å². The van der Waals surface area contributed by atoms with Crippen LogP contribution >= 0.6 is 18.6 Å². The fourth-order valence-corrected chi connectivity index (χ4v) is 9.86. The normalized spacial score (nSPS) is 14.2. The SMILES string of the molecule is CCCCSC1=NC(C)=NC(=O)C1=P(c1ccccc1)(c1ccccc1)c1ccccc1. The zero-order valence-electron chi connectivity index (χ0n) is 18.4. The van der Waals surface area contributed by atoms with Gasteiger partial charge in [0.1, 0.15) is 10.9 Å². The second-order valence-electron chi connectivity index (χ2n) is 7.61. The molecular formula is C27H27N2OPS. The highest BCUT2D eigenvalue weighted by Gasteiger charge is 2.37. The van der Waals surface area contributed by atoms with Crippen molar-refractivity contribution in [2.75, 3.05) is 5.75 Å². The average Bonchev–Trinajstić information content (AvgIpc) is 2.83. The molecule has 162 valence electrons. The monoisotopic (exact) mass is 458 g/mol. The number of carbonyl (C=O) groups excluding carboxylic acids is 1. The summed E-state index contributed by atoms with van der Waals surface area (Å²) in [5, 5.41) is 4.98. The first-order valence-corrected chi connectivity index (χ1v) is 13.7. The van der Waals surface area contributed by atoms with E-state index in [1.54, 1.807) is 11.8 Å². The van der Waals surface area contributed by atoms with Crippen LogP contribution in [-0.2, 0) is 4.79 Å². The molecule has 0 aromatic heterocycles. The maximum Gasteiger partial charge on any atom is 0.282 e. The Hall–Kier alpha value is -2.68. The molecule has 1 aliphatic rings. The topological polar surface area (TPSA) is 41.8 Å². The lowest BCUT2D eigenvalue weighted by Crippen LogP contribution is -2.38. The molecule has 3 nitrogen and oxygen atoms in total. The summed E-state index contributed by atoms with van der Waals surface area (Å²) in [6, 6.07) is 31.3. The Morgan fingerprint density at radius 2 is 1.22 bits per heavy atom. The molecule has 3 aromatic rings. The second-order valence-corrected chi connectivity index (χ2v) is 12.0. The summed E-state index contributed by atoms with van der Waals surface area (Å²) < 4.78 is 0. The van der Waals surface area contributed by atoms with Crippen LogP contribution in [0.2, 0.25) is 0 Å². The molecule has 0 bridgehead atoms. The minimum absolute atomic E-state index is 0.165. The fourth-order valence-electron chi connectivity index (χ4n) is 4.01. The number of amides is 1. The van der Waals surface area contributed by atoms with Crippen molar-refractivity contribution in [2.24, 2.45) is 9.98 Å². The van der Waals surface area contributed by atoms with Crippen LogP contribution in [0.5, 0.6) is 0 Å². The summed E-state index contributed by atoms with van der Waals surface area (Å²) in [6.45, 7) is 1.48. The number of thioether (sulfide) groups is 1. The van der Waals surface area contributed by atoms with Gasteiger partial charge < -0.3 is 0 Å². The Balaban J connectivity index is 2.17. The van der Waals surface area contributed by atoms with Gasteiger partial charge in [-0.25, -0.2) is 4.99 Å². The van der Waals surface area contributed by atoms with Crippen molar-refractivity contribution in [1.82, 2.24) is 0 Å². The van der Waals surface area contributed by atoms with Gasteiger partial charge in [0.05, 0.1) is 5.29 Å². The lowest BCUT2D eigenvalue weighted by atomic mass is 10.3. The Morgan fingerprint density at radius 1 is 0.750 bits per heavy atom. The summed E-state index contributed by atoms with van der Waals surface area (Å²) in [5.74, 6) is 1.30. The van der Waals surface area contributed by atoms with Crippen LogP contribution in [0.1, 0.15) is 26.7 Å². The van der Waals surface area contributed by atoms with Gasteiger partial charge in [-0.3, -0.25) is 4.79 Å². The number of rotatable bonds is 6. The predicted octanol–water partition coefficient (Wildman–Crippen LogP) is 5.04. The number of nitrogens with zero attached hydrogens (tertiary/aromatic N) is 2. The van der Waals surface area contributed by atoms with E-state index in [9.17, 15) is 4.79 Å². The first kappa shape index (κ1) is 22.5. The summed E-state index contributed by atoms with van der Waals surface area (Å²) in [7, 11) is 0. The molecule has 0 fully saturated rings. The highest BCUT2D eigenvalue weighted by Crippen LogP contribution is 2.48. The zero-order valence-corrected chi connectivity index (χ0v) is 20.2. The van der Waals surface area contributed by atoms with E-state index in [4.69, 9.17) is 4.99 Å². The third kappa shape index (κ3) is 4.30. The van der Waals surface area contributed by atoms with Crippen LogP contribution in [0.4, 0.5) is 0 Å². The number of hydrogen-bond acceptors (Lipinski definition) is 3. The molecule has 0 aliphatic carbocycles. The first-order valence-electron chi connectivity index (χ1n) is 10.9. The number of benzene rings is 3.